The van der Waals surface area contributed by atoms with E-state index in [2.05, 4.69) is 29.0 Å². The molecule has 20 heavy (non-hydrogen) atoms. The Hall–Kier alpha value is -1.62. The molecule has 0 spiro atoms. The van der Waals surface area contributed by atoms with Gasteiger partial charge in [0.25, 0.3) is 0 Å². The van der Waals surface area contributed by atoms with Gasteiger partial charge in [-0.2, -0.15) is 0 Å². The fraction of sp³-hybridized carbons (Fsp3) is 0.600. The van der Waals surface area contributed by atoms with Crippen molar-refractivity contribution in [3.05, 3.63) is 23.4 Å². The molecule has 0 aliphatic rings. The van der Waals surface area contributed by atoms with E-state index in [9.17, 15) is 4.79 Å². The SMILES string of the molecule is CCc1cc(C(=O)O)cc(NCC(C)(C)CN(C)C)n1. The van der Waals surface area contributed by atoms with Crippen molar-refractivity contribution in [1.29, 1.82) is 0 Å². The molecule has 0 fully saturated rings. The smallest absolute Gasteiger partial charge is 0.335 e. The molecule has 0 saturated carbocycles. The lowest BCUT2D eigenvalue weighted by Gasteiger charge is -2.28. The molecule has 0 aliphatic carbocycles. The normalized spacial score (nSPS) is 11.7. The summed E-state index contributed by atoms with van der Waals surface area (Å²) in [4.78, 5) is 17.7. The Morgan fingerprint density at radius 2 is 2.05 bits per heavy atom. The monoisotopic (exact) mass is 279 g/mol. The summed E-state index contributed by atoms with van der Waals surface area (Å²) in [5.41, 5.74) is 1.15. The zero-order valence-electron chi connectivity index (χ0n) is 13.0. The van der Waals surface area contributed by atoms with E-state index in [1.807, 2.05) is 21.0 Å². The summed E-state index contributed by atoms with van der Waals surface area (Å²) < 4.78 is 0. The van der Waals surface area contributed by atoms with Crippen molar-refractivity contribution >= 4 is 11.8 Å². The number of nitrogens with zero attached hydrogens (tertiary/aromatic N) is 2. The topological polar surface area (TPSA) is 65.5 Å². The summed E-state index contributed by atoms with van der Waals surface area (Å²) in [7, 11) is 4.08. The van der Waals surface area contributed by atoms with Crippen molar-refractivity contribution in [1.82, 2.24) is 9.88 Å². The number of aromatic nitrogens is 1. The Morgan fingerprint density at radius 1 is 1.40 bits per heavy atom. The largest absolute Gasteiger partial charge is 0.478 e. The third-order valence-corrected chi connectivity index (χ3v) is 2.98. The van der Waals surface area contributed by atoms with E-state index >= 15 is 0 Å². The lowest BCUT2D eigenvalue weighted by atomic mass is 9.93. The summed E-state index contributed by atoms with van der Waals surface area (Å²) in [6, 6.07) is 3.21. The van der Waals surface area contributed by atoms with Crippen LogP contribution in [0.3, 0.4) is 0 Å². The van der Waals surface area contributed by atoms with Crippen LogP contribution in [0, 0.1) is 5.41 Å². The van der Waals surface area contributed by atoms with Crippen LogP contribution in [0.2, 0.25) is 0 Å². The summed E-state index contributed by atoms with van der Waals surface area (Å²) in [5.74, 6) is -0.286. The van der Waals surface area contributed by atoms with Gasteiger partial charge in [0, 0.05) is 18.8 Å². The number of pyridine rings is 1. The number of carboxylic acid groups (broad SMARTS) is 1. The van der Waals surface area contributed by atoms with Crippen LogP contribution < -0.4 is 5.32 Å². The van der Waals surface area contributed by atoms with Crippen molar-refractivity contribution in [3.8, 4) is 0 Å². The fourth-order valence-electron chi connectivity index (χ4n) is 2.22. The number of carbonyl (C=O) groups is 1. The molecule has 1 aromatic rings. The average molecular weight is 279 g/mol. The van der Waals surface area contributed by atoms with Gasteiger partial charge in [0.15, 0.2) is 0 Å². The lowest BCUT2D eigenvalue weighted by molar-refractivity contribution is 0.0696. The van der Waals surface area contributed by atoms with E-state index in [0.29, 0.717) is 5.82 Å². The zero-order chi connectivity index (χ0) is 15.3. The maximum absolute atomic E-state index is 11.1. The van der Waals surface area contributed by atoms with Crippen molar-refractivity contribution in [2.45, 2.75) is 27.2 Å². The van der Waals surface area contributed by atoms with Gasteiger partial charge in [-0.3, -0.25) is 0 Å². The summed E-state index contributed by atoms with van der Waals surface area (Å²) in [6.07, 6.45) is 0.719. The third-order valence-electron chi connectivity index (χ3n) is 2.98. The molecular formula is C15H25N3O2. The minimum Gasteiger partial charge on any atom is -0.478 e. The average Bonchev–Trinajstić information content (AvgIpc) is 2.34. The number of carboxylic acids is 1. The highest BCUT2D eigenvalue weighted by molar-refractivity contribution is 5.88. The molecule has 0 saturated heterocycles. The number of aromatic carboxylic acids is 1. The zero-order valence-corrected chi connectivity index (χ0v) is 13.0. The van der Waals surface area contributed by atoms with E-state index in [4.69, 9.17) is 5.11 Å². The predicted octanol–water partition coefficient (Wildman–Crippen LogP) is 2.34. The van der Waals surface area contributed by atoms with Crippen molar-refractivity contribution in [2.24, 2.45) is 5.41 Å². The minimum atomic E-state index is -0.919. The van der Waals surface area contributed by atoms with E-state index in [1.54, 1.807) is 12.1 Å². The highest BCUT2D eigenvalue weighted by Gasteiger charge is 2.19. The quantitative estimate of drug-likeness (QED) is 0.802. The molecule has 0 aromatic carbocycles. The molecule has 1 heterocycles. The van der Waals surface area contributed by atoms with Gasteiger partial charge in [0.05, 0.1) is 5.56 Å². The first-order chi connectivity index (χ1) is 9.23. The molecule has 0 atom stereocenters. The second-order valence-electron chi connectivity index (χ2n) is 6.15. The van der Waals surface area contributed by atoms with Crippen LogP contribution in [-0.2, 0) is 6.42 Å². The molecule has 0 aliphatic heterocycles. The Labute approximate surface area is 121 Å². The first kappa shape index (κ1) is 16.4. The van der Waals surface area contributed by atoms with E-state index in [-0.39, 0.29) is 11.0 Å². The van der Waals surface area contributed by atoms with Crippen molar-refractivity contribution in [2.75, 3.05) is 32.5 Å². The molecule has 0 radical (unpaired) electrons. The van der Waals surface area contributed by atoms with Gasteiger partial charge in [-0.15, -0.1) is 0 Å². The first-order valence-electron chi connectivity index (χ1n) is 6.86. The van der Waals surface area contributed by atoms with Crippen LogP contribution in [0.25, 0.3) is 0 Å². The van der Waals surface area contributed by atoms with Crippen LogP contribution in [0.4, 0.5) is 5.82 Å². The van der Waals surface area contributed by atoms with Gasteiger partial charge in [-0.1, -0.05) is 20.8 Å². The standard InChI is InChI=1S/C15H25N3O2/c1-6-12-7-11(14(19)20)8-13(17-12)16-9-15(2,3)10-18(4)5/h7-8H,6,9-10H2,1-5H3,(H,16,17)(H,19,20). The molecular weight excluding hydrogens is 254 g/mol. The van der Waals surface area contributed by atoms with E-state index < -0.39 is 5.97 Å². The van der Waals surface area contributed by atoms with Crippen LogP contribution in [-0.4, -0.2) is 48.1 Å². The Balaban J connectivity index is 2.82. The maximum Gasteiger partial charge on any atom is 0.335 e. The lowest BCUT2D eigenvalue weighted by Crippen LogP contribution is -2.34. The van der Waals surface area contributed by atoms with Gasteiger partial charge in [-0.05, 0) is 38.1 Å². The summed E-state index contributed by atoms with van der Waals surface area (Å²) in [5, 5.41) is 12.4. The molecule has 5 nitrogen and oxygen atoms in total. The second-order valence-corrected chi connectivity index (χ2v) is 6.15. The number of nitrogens with one attached hydrogen (secondary N) is 1. The number of anilines is 1. The second kappa shape index (κ2) is 6.70. The van der Waals surface area contributed by atoms with Gasteiger partial charge in [-0.25, -0.2) is 9.78 Å². The number of rotatable bonds is 7. The highest BCUT2D eigenvalue weighted by Crippen LogP contribution is 2.18. The molecule has 112 valence electrons. The molecule has 5 heteroatoms. The maximum atomic E-state index is 11.1. The van der Waals surface area contributed by atoms with Gasteiger partial charge in [0.1, 0.15) is 5.82 Å². The van der Waals surface area contributed by atoms with E-state index in [1.165, 1.54) is 0 Å². The molecule has 2 N–H and O–H groups in total. The van der Waals surface area contributed by atoms with E-state index in [0.717, 1.165) is 25.2 Å². The minimum absolute atomic E-state index is 0.0801. The predicted molar refractivity (Wildman–Crippen MR) is 81.4 cm³/mol. The van der Waals surface area contributed by atoms with Crippen molar-refractivity contribution in [3.63, 3.8) is 0 Å². The molecule has 0 amide bonds. The summed E-state index contributed by atoms with van der Waals surface area (Å²) in [6.45, 7) is 7.99. The molecule has 0 bridgehead atoms. The van der Waals surface area contributed by atoms with Crippen LogP contribution >= 0.6 is 0 Å². The Morgan fingerprint density at radius 3 is 2.55 bits per heavy atom. The molecule has 1 aromatic heterocycles. The van der Waals surface area contributed by atoms with Crippen molar-refractivity contribution < 1.29 is 9.90 Å². The first-order valence-corrected chi connectivity index (χ1v) is 6.86. The number of aryl methyl sites for hydroxylation is 1. The molecule has 1 rings (SSSR count). The Bertz CT molecular complexity index is 470. The van der Waals surface area contributed by atoms with Gasteiger partial charge >= 0.3 is 5.97 Å². The third kappa shape index (κ3) is 5.17. The Kier molecular flexibility index (Phi) is 5.51. The van der Waals surface area contributed by atoms with Gasteiger partial charge < -0.3 is 15.3 Å². The number of hydrogen-bond donors (Lipinski definition) is 2. The molecule has 0 unspecified atom stereocenters. The van der Waals surface area contributed by atoms with Crippen LogP contribution in [0.1, 0.15) is 36.8 Å². The number of hydrogen-bond acceptors (Lipinski definition) is 4. The van der Waals surface area contributed by atoms with Crippen LogP contribution in [0.5, 0.6) is 0 Å². The van der Waals surface area contributed by atoms with Crippen LogP contribution in [0.15, 0.2) is 12.1 Å². The summed E-state index contributed by atoms with van der Waals surface area (Å²) >= 11 is 0. The van der Waals surface area contributed by atoms with Gasteiger partial charge in [0.2, 0.25) is 0 Å². The fourth-order valence-corrected chi connectivity index (χ4v) is 2.22. The highest BCUT2D eigenvalue weighted by atomic mass is 16.4.